The van der Waals surface area contributed by atoms with E-state index in [1.165, 1.54) is 18.4 Å². The summed E-state index contributed by atoms with van der Waals surface area (Å²) >= 11 is 5.70. The minimum Gasteiger partial charge on any atom is -0.334 e. The molecule has 0 N–H and O–H groups in total. The number of hydrogen-bond acceptors (Lipinski definition) is 1. The second-order valence-electron chi connectivity index (χ2n) is 4.58. The standard InChI is InChI=1S/C14H18ClNO/c15-10-14(17)16(13-8-4-5-9-13)11-12-6-2-1-3-7-12/h1-3,6-7,13H,4-5,8-11H2. The van der Waals surface area contributed by atoms with Gasteiger partial charge in [-0.3, -0.25) is 4.79 Å². The van der Waals surface area contributed by atoms with Gasteiger partial charge in [0.1, 0.15) is 5.88 Å². The van der Waals surface area contributed by atoms with Gasteiger partial charge >= 0.3 is 0 Å². The van der Waals surface area contributed by atoms with Crippen molar-refractivity contribution in [3.8, 4) is 0 Å². The summed E-state index contributed by atoms with van der Waals surface area (Å²) in [5, 5.41) is 0. The molecular weight excluding hydrogens is 234 g/mol. The second-order valence-corrected chi connectivity index (χ2v) is 4.85. The van der Waals surface area contributed by atoms with Gasteiger partial charge in [-0.2, -0.15) is 0 Å². The number of hydrogen-bond donors (Lipinski definition) is 0. The van der Waals surface area contributed by atoms with E-state index in [9.17, 15) is 4.79 Å². The molecule has 1 aliphatic rings. The first-order valence-electron chi connectivity index (χ1n) is 6.20. The fraction of sp³-hybridized carbons (Fsp3) is 0.500. The van der Waals surface area contributed by atoms with Crippen LogP contribution in [0.15, 0.2) is 30.3 Å². The Hall–Kier alpha value is -1.02. The van der Waals surface area contributed by atoms with Crippen LogP contribution >= 0.6 is 11.6 Å². The predicted octanol–water partition coefficient (Wildman–Crippen LogP) is 3.20. The van der Waals surface area contributed by atoms with Crippen LogP contribution in [0.3, 0.4) is 0 Å². The van der Waals surface area contributed by atoms with Crippen LogP contribution in [0.1, 0.15) is 31.2 Å². The van der Waals surface area contributed by atoms with Crippen molar-refractivity contribution in [2.24, 2.45) is 0 Å². The molecule has 0 radical (unpaired) electrons. The summed E-state index contributed by atoms with van der Waals surface area (Å²) in [6.07, 6.45) is 4.70. The third kappa shape index (κ3) is 3.22. The van der Waals surface area contributed by atoms with E-state index < -0.39 is 0 Å². The topological polar surface area (TPSA) is 20.3 Å². The van der Waals surface area contributed by atoms with Gasteiger partial charge in [-0.1, -0.05) is 43.2 Å². The quantitative estimate of drug-likeness (QED) is 0.753. The van der Waals surface area contributed by atoms with E-state index in [1.54, 1.807) is 0 Å². The van der Waals surface area contributed by atoms with Crippen molar-refractivity contribution in [3.05, 3.63) is 35.9 Å². The average molecular weight is 252 g/mol. The van der Waals surface area contributed by atoms with E-state index >= 15 is 0 Å². The maximum absolute atomic E-state index is 11.9. The molecule has 0 atom stereocenters. The van der Waals surface area contributed by atoms with E-state index in [0.717, 1.165) is 12.8 Å². The van der Waals surface area contributed by atoms with E-state index in [1.807, 2.05) is 23.1 Å². The Morgan fingerprint density at radius 1 is 1.24 bits per heavy atom. The minimum absolute atomic E-state index is 0.0578. The molecular formula is C14H18ClNO. The van der Waals surface area contributed by atoms with Crippen molar-refractivity contribution >= 4 is 17.5 Å². The van der Waals surface area contributed by atoms with Crippen LogP contribution in [0.5, 0.6) is 0 Å². The molecule has 1 amide bonds. The molecule has 0 unspecified atom stereocenters. The Bertz CT molecular complexity index is 360. The Morgan fingerprint density at radius 3 is 2.47 bits per heavy atom. The van der Waals surface area contributed by atoms with Crippen molar-refractivity contribution < 1.29 is 4.79 Å². The molecule has 1 fully saturated rings. The fourth-order valence-corrected chi connectivity index (χ4v) is 2.65. The number of alkyl halides is 1. The van der Waals surface area contributed by atoms with Crippen molar-refractivity contribution in [1.82, 2.24) is 4.90 Å². The Balaban J connectivity index is 2.07. The lowest BCUT2D eigenvalue weighted by atomic mass is 10.1. The molecule has 0 heterocycles. The monoisotopic (exact) mass is 251 g/mol. The van der Waals surface area contributed by atoms with E-state index in [-0.39, 0.29) is 11.8 Å². The molecule has 1 aromatic carbocycles. The highest BCUT2D eigenvalue weighted by atomic mass is 35.5. The van der Waals surface area contributed by atoms with Crippen LogP contribution in [0.2, 0.25) is 0 Å². The highest BCUT2D eigenvalue weighted by molar-refractivity contribution is 6.27. The van der Waals surface area contributed by atoms with Gasteiger partial charge in [0.2, 0.25) is 5.91 Å². The summed E-state index contributed by atoms with van der Waals surface area (Å²) in [6, 6.07) is 10.5. The molecule has 1 saturated carbocycles. The molecule has 1 aliphatic carbocycles. The average Bonchev–Trinajstić information content (AvgIpc) is 2.90. The molecule has 0 saturated heterocycles. The molecule has 92 valence electrons. The Morgan fingerprint density at radius 2 is 1.88 bits per heavy atom. The molecule has 0 aliphatic heterocycles. The molecule has 0 bridgehead atoms. The van der Waals surface area contributed by atoms with Crippen LogP contribution in [0, 0.1) is 0 Å². The van der Waals surface area contributed by atoms with Crippen LogP contribution in [0.4, 0.5) is 0 Å². The largest absolute Gasteiger partial charge is 0.334 e. The number of benzene rings is 1. The predicted molar refractivity (Wildman–Crippen MR) is 70.0 cm³/mol. The Kier molecular flexibility index (Phi) is 4.43. The van der Waals surface area contributed by atoms with Crippen LogP contribution in [-0.2, 0) is 11.3 Å². The van der Waals surface area contributed by atoms with Gasteiger partial charge in [-0.25, -0.2) is 0 Å². The highest BCUT2D eigenvalue weighted by Crippen LogP contribution is 2.25. The number of carbonyl (C=O) groups is 1. The second kappa shape index (κ2) is 6.06. The SMILES string of the molecule is O=C(CCl)N(Cc1ccccc1)C1CCCC1. The van der Waals surface area contributed by atoms with Gasteiger partial charge in [0.15, 0.2) is 0 Å². The van der Waals surface area contributed by atoms with Gasteiger partial charge in [0.25, 0.3) is 0 Å². The molecule has 2 nitrogen and oxygen atoms in total. The summed E-state index contributed by atoms with van der Waals surface area (Å²) in [4.78, 5) is 13.9. The van der Waals surface area contributed by atoms with E-state index in [2.05, 4.69) is 12.1 Å². The van der Waals surface area contributed by atoms with Crippen molar-refractivity contribution in [2.45, 2.75) is 38.3 Å². The summed E-state index contributed by atoms with van der Waals surface area (Å²) in [5.41, 5.74) is 1.18. The zero-order valence-corrected chi connectivity index (χ0v) is 10.7. The van der Waals surface area contributed by atoms with Gasteiger partial charge in [0.05, 0.1) is 0 Å². The Labute approximate surface area is 108 Å². The first-order chi connectivity index (χ1) is 8.31. The van der Waals surface area contributed by atoms with Gasteiger partial charge in [0, 0.05) is 12.6 Å². The molecule has 0 spiro atoms. The minimum atomic E-state index is 0.0578. The van der Waals surface area contributed by atoms with Gasteiger partial charge < -0.3 is 4.90 Å². The van der Waals surface area contributed by atoms with E-state index in [0.29, 0.717) is 12.6 Å². The van der Waals surface area contributed by atoms with Gasteiger partial charge in [-0.15, -0.1) is 11.6 Å². The molecule has 2 rings (SSSR count). The third-order valence-corrected chi connectivity index (χ3v) is 3.62. The number of nitrogens with zero attached hydrogens (tertiary/aromatic N) is 1. The summed E-state index contributed by atoms with van der Waals surface area (Å²) in [5.74, 6) is 0.144. The van der Waals surface area contributed by atoms with Crippen LogP contribution in [0.25, 0.3) is 0 Å². The molecule has 3 heteroatoms. The first-order valence-corrected chi connectivity index (χ1v) is 6.74. The molecule has 0 aromatic heterocycles. The lowest BCUT2D eigenvalue weighted by Gasteiger charge is -2.28. The number of amides is 1. The number of rotatable bonds is 4. The van der Waals surface area contributed by atoms with Crippen molar-refractivity contribution in [3.63, 3.8) is 0 Å². The normalized spacial score (nSPS) is 16.1. The number of carbonyl (C=O) groups excluding carboxylic acids is 1. The fourth-order valence-electron chi connectivity index (χ4n) is 2.49. The number of halogens is 1. The summed E-state index contributed by atoms with van der Waals surface area (Å²) < 4.78 is 0. The van der Waals surface area contributed by atoms with Crippen LogP contribution < -0.4 is 0 Å². The maximum atomic E-state index is 11.9. The lowest BCUT2D eigenvalue weighted by molar-refractivity contribution is -0.131. The van der Waals surface area contributed by atoms with Crippen LogP contribution in [-0.4, -0.2) is 22.7 Å². The molecule has 17 heavy (non-hydrogen) atoms. The zero-order valence-electron chi connectivity index (χ0n) is 9.94. The van der Waals surface area contributed by atoms with Crippen molar-refractivity contribution in [2.75, 3.05) is 5.88 Å². The summed E-state index contributed by atoms with van der Waals surface area (Å²) in [6.45, 7) is 0.692. The zero-order chi connectivity index (χ0) is 12.1. The maximum Gasteiger partial charge on any atom is 0.238 e. The smallest absolute Gasteiger partial charge is 0.238 e. The molecule has 1 aromatic rings. The summed E-state index contributed by atoms with van der Waals surface area (Å²) in [7, 11) is 0. The highest BCUT2D eigenvalue weighted by Gasteiger charge is 2.25. The van der Waals surface area contributed by atoms with Gasteiger partial charge in [-0.05, 0) is 18.4 Å². The third-order valence-electron chi connectivity index (χ3n) is 3.40. The first kappa shape index (κ1) is 12.4. The van der Waals surface area contributed by atoms with E-state index in [4.69, 9.17) is 11.6 Å². The lowest BCUT2D eigenvalue weighted by Crippen LogP contribution is -2.39. The van der Waals surface area contributed by atoms with Crippen molar-refractivity contribution in [1.29, 1.82) is 0 Å².